The van der Waals surface area contributed by atoms with E-state index in [2.05, 4.69) is 42.4 Å². The number of furan rings is 1. The highest BCUT2D eigenvalue weighted by Gasteiger charge is 2.14. The molecule has 1 N–H and O–H groups in total. The second-order valence-electron chi connectivity index (χ2n) is 6.80. The number of amides is 1. The van der Waals surface area contributed by atoms with Gasteiger partial charge in [0, 0.05) is 9.86 Å². The van der Waals surface area contributed by atoms with Crippen LogP contribution in [0.25, 0.3) is 11.0 Å². The Morgan fingerprint density at radius 2 is 1.88 bits per heavy atom. The fourth-order valence-corrected chi connectivity index (χ4v) is 4.37. The Bertz CT molecular complexity index is 1290. The molecule has 0 radical (unpaired) electrons. The van der Waals surface area contributed by atoms with Crippen molar-refractivity contribution in [2.24, 2.45) is 5.10 Å². The molecule has 6 nitrogen and oxygen atoms in total. The van der Waals surface area contributed by atoms with Crippen LogP contribution in [0.5, 0.6) is 11.5 Å². The Hall–Kier alpha value is -3.10. The van der Waals surface area contributed by atoms with Crippen LogP contribution in [-0.2, 0) is 6.61 Å². The second kappa shape index (κ2) is 10.0. The lowest BCUT2D eigenvalue weighted by molar-refractivity contribution is 0.0929. The summed E-state index contributed by atoms with van der Waals surface area (Å²) in [7, 11) is 1.57. The van der Waals surface area contributed by atoms with Gasteiger partial charge in [0.25, 0.3) is 0 Å². The summed E-state index contributed by atoms with van der Waals surface area (Å²) in [5, 5.41) is 4.83. The van der Waals surface area contributed by atoms with Gasteiger partial charge in [-0.3, -0.25) is 4.79 Å². The van der Waals surface area contributed by atoms with E-state index in [4.69, 9.17) is 13.9 Å². The number of fused-ring (bicyclic) bond motifs is 1. The summed E-state index contributed by atoms with van der Waals surface area (Å²) in [5.74, 6) is 0.911. The van der Waals surface area contributed by atoms with E-state index < -0.39 is 5.91 Å². The summed E-state index contributed by atoms with van der Waals surface area (Å²) in [6.07, 6.45) is 1.52. The molecule has 1 heterocycles. The third kappa shape index (κ3) is 5.20. The third-order valence-electron chi connectivity index (χ3n) is 4.56. The van der Waals surface area contributed by atoms with Gasteiger partial charge in [-0.05, 0) is 63.5 Å². The van der Waals surface area contributed by atoms with Crippen molar-refractivity contribution in [3.05, 3.63) is 92.6 Å². The summed E-state index contributed by atoms with van der Waals surface area (Å²) in [4.78, 5) is 12.4. The molecule has 162 valence electrons. The maximum absolute atomic E-state index is 12.4. The van der Waals surface area contributed by atoms with Crippen molar-refractivity contribution in [2.75, 3.05) is 7.11 Å². The van der Waals surface area contributed by atoms with Crippen LogP contribution in [0.2, 0.25) is 0 Å². The fraction of sp³-hybridized carbons (Fsp3) is 0.0833. The molecule has 32 heavy (non-hydrogen) atoms. The number of benzene rings is 3. The van der Waals surface area contributed by atoms with Gasteiger partial charge in [-0.25, -0.2) is 5.43 Å². The molecular weight excluding hydrogens is 540 g/mol. The van der Waals surface area contributed by atoms with Gasteiger partial charge in [0.1, 0.15) is 12.2 Å². The van der Waals surface area contributed by atoms with Crippen molar-refractivity contribution in [3.63, 3.8) is 0 Å². The van der Waals surface area contributed by atoms with E-state index in [0.29, 0.717) is 23.7 Å². The van der Waals surface area contributed by atoms with Crippen LogP contribution in [0.4, 0.5) is 0 Å². The van der Waals surface area contributed by atoms with Gasteiger partial charge in [0.2, 0.25) is 0 Å². The minimum Gasteiger partial charge on any atom is -0.493 e. The molecule has 1 amide bonds. The van der Waals surface area contributed by atoms with Gasteiger partial charge < -0.3 is 13.9 Å². The van der Waals surface area contributed by atoms with Crippen LogP contribution in [0.1, 0.15) is 21.7 Å². The topological polar surface area (TPSA) is 73.1 Å². The summed E-state index contributed by atoms with van der Waals surface area (Å²) >= 11 is 6.85. The largest absolute Gasteiger partial charge is 0.493 e. The highest BCUT2D eigenvalue weighted by atomic mass is 79.9. The molecule has 4 rings (SSSR count). The van der Waals surface area contributed by atoms with Gasteiger partial charge in [0.15, 0.2) is 17.3 Å². The molecule has 0 aliphatic heterocycles. The molecule has 0 aliphatic rings. The van der Waals surface area contributed by atoms with Crippen molar-refractivity contribution in [1.29, 1.82) is 0 Å². The Labute approximate surface area is 201 Å². The number of carbonyl (C=O) groups is 1. The number of hydrazone groups is 1. The Morgan fingerprint density at radius 1 is 1.06 bits per heavy atom. The van der Waals surface area contributed by atoms with Crippen LogP contribution in [-0.4, -0.2) is 19.2 Å². The molecule has 8 heteroatoms. The Balaban J connectivity index is 1.41. The number of nitrogens with one attached hydrogen (secondary N) is 1. The van der Waals surface area contributed by atoms with Gasteiger partial charge in [-0.2, -0.15) is 5.10 Å². The molecule has 0 unspecified atom stereocenters. The van der Waals surface area contributed by atoms with Crippen LogP contribution in [0.3, 0.4) is 0 Å². The van der Waals surface area contributed by atoms with Gasteiger partial charge in [-0.1, -0.05) is 46.3 Å². The zero-order valence-corrected chi connectivity index (χ0v) is 20.1. The third-order valence-corrected chi connectivity index (χ3v) is 5.61. The smallest absolute Gasteiger partial charge is 0.307 e. The molecule has 0 saturated carbocycles. The predicted octanol–water partition coefficient (Wildman–Crippen LogP) is 6.31. The van der Waals surface area contributed by atoms with Gasteiger partial charge >= 0.3 is 5.91 Å². The van der Waals surface area contributed by atoms with E-state index in [0.717, 1.165) is 25.5 Å². The number of hydrogen-bond acceptors (Lipinski definition) is 5. The molecular formula is C24H18Br2N2O4. The van der Waals surface area contributed by atoms with E-state index in [9.17, 15) is 4.79 Å². The molecule has 0 aliphatic carbocycles. The second-order valence-corrected chi connectivity index (χ2v) is 8.57. The van der Waals surface area contributed by atoms with Crippen molar-refractivity contribution in [3.8, 4) is 11.5 Å². The highest BCUT2D eigenvalue weighted by Crippen LogP contribution is 2.31. The van der Waals surface area contributed by atoms with Crippen molar-refractivity contribution < 1.29 is 18.7 Å². The maximum atomic E-state index is 12.4. The summed E-state index contributed by atoms with van der Waals surface area (Å²) < 4.78 is 18.6. The first-order valence-electron chi connectivity index (χ1n) is 9.60. The van der Waals surface area contributed by atoms with Crippen LogP contribution in [0.15, 0.2) is 85.2 Å². The average molecular weight is 558 g/mol. The summed E-state index contributed by atoms with van der Waals surface area (Å²) in [6.45, 7) is 0.435. The average Bonchev–Trinajstić information content (AvgIpc) is 3.23. The normalized spacial score (nSPS) is 11.1. The first-order chi connectivity index (χ1) is 15.5. The lowest BCUT2D eigenvalue weighted by Crippen LogP contribution is -2.16. The van der Waals surface area contributed by atoms with Crippen molar-refractivity contribution >= 4 is 55.0 Å². The number of ether oxygens (including phenoxy) is 2. The van der Waals surface area contributed by atoms with Crippen LogP contribution >= 0.6 is 31.9 Å². The van der Waals surface area contributed by atoms with Gasteiger partial charge in [0.05, 0.1) is 17.8 Å². The maximum Gasteiger partial charge on any atom is 0.307 e. The first kappa shape index (κ1) is 22.1. The number of nitrogens with zero attached hydrogens (tertiary/aromatic N) is 1. The van der Waals surface area contributed by atoms with Gasteiger partial charge in [-0.15, -0.1) is 0 Å². The summed E-state index contributed by atoms with van der Waals surface area (Å²) in [6, 6.07) is 20.7. The van der Waals surface area contributed by atoms with Crippen molar-refractivity contribution in [2.45, 2.75) is 6.61 Å². The quantitative estimate of drug-likeness (QED) is 0.213. The van der Waals surface area contributed by atoms with E-state index in [-0.39, 0.29) is 5.76 Å². The summed E-state index contributed by atoms with van der Waals surface area (Å²) in [5.41, 5.74) is 4.88. The minimum absolute atomic E-state index is 0.165. The number of rotatable bonds is 7. The van der Waals surface area contributed by atoms with E-state index in [1.807, 2.05) is 48.5 Å². The predicted molar refractivity (Wildman–Crippen MR) is 130 cm³/mol. The molecule has 0 saturated heterocycles. The zero-order valence-electron chi connectivity index (χ0n) is 17.0. The molecule has 0 fully saturated rings. The Kier molecular flexibility index (Phi) is 6.92. The van der Waals surface area contributed by atoms with E-state index >= 15 is 0 Å². The number of methoxy groups -OCH3 is 1. The lowest BCUT2D eigenvalue weighted by atomic mass is 10.2. The van der Waals surface area contributed by atoms with E-state index in [1.54, 1.807) is 25.3 Å². The Morgan fingerprint density at radius 3 is 2.66 bits per heavy atom. The molecule has 4 aromatic rings. The molecule has 0 bridgehead atoms. The van der Waals surface area contributed by atoms with Crippen molar-refractivity contribution in [1.82, 2.24) is 5.43 Å². The molecule has 0 atom stereocenters. The molecule has 0 spiro atoms. The van der Waals surface area contributed by atoms with E-state index in [1.165, 1.54) is 6.21 Å². The standard InChI is InChI=1S/C24H18Br2N2O4/c1-30-21-9-16(7-8-20(21)31-14-15-5-3-2-4-6-15)13-27-28-24(29)22-11-17-10-18(25)12-19(26)23(17)32-22/h2-13H,14H2,1H3,(H,28,29)/b27-13-. The monoisotopic (exact) mass is 556 g/mol. The highest BCUT2D eigenvalue weighted by molar-refractivity contribution is 9.11. The SMILES string of the molecule is COc1cc(/C=N\NC(=O)c2cc3cc(Br)cc(Br)c3o2)ccc1OCc1ccccc1. The number of hydrogen-bond donors (Lipinski definition) is 1. The fourth-order valence-electron chi connectivity index (χ4n) is 3.03. The molecule has 1 aromatic heterocycles. The van der Waals surface area contributed by atoms with Crippen LogP contribution in [0, 0.1) is 0 Å². The van der Waals surface area contributed by atoms with Crippen LogP contribution < -0.4 is 14.9 Å². The lowest BCUT2D eigenvalue weighted by Gasteiger charge is -2.11. The minimum atomic E-state index is -0.449. The first-order valence-corrected chi connectivity index (χ1v) is 11.2. The number of carbonyl (C=O) groups excluding carboxylic acids is 1. The molecule has 3 aromatic carbocycles. The number of halogens is 2. The zero-order chi connectivity index (χ0) is 22.5.